The summed E-state index contributed by atoms with van der Waals surface area (Å²) in [5, 5.41) is 23.1. The molecule has 0 radical (unpaired) electrons. The minimum Gasteiger partial charge on any atom is -0.480 e. The van der Waals surface area contributed by atoms with Crippen molar-refractivity contribution in [2.24, 2.45) is 0 Å². The van der Waals surface area contributed by atoms with Crippen molar-refractivity contribution >= 4 is 27.0 Å². The van der Waals surface area contributed by atoms with Gasteiger partial charge in [0.25, 0.3) is 0 Å². The van der Waals surface area contributed by atoms with E-state index in [0.717, 1.165) is 9.69 Å². The molecule has 0 atom stereocenters. The third-order valence-electron chi connectivity index (χ3n) is 4.74. The lowest BCUT2D eigenvalue weighted by Gasteiger charge is -2.47. The fourth-order valence-corrected chi connectivity index (χ4v) is 4.71. The van der Waals surface area contributed by atoms with E-state index in [4.69, 9.17) is 5.11 Å². The number of H-pyrrole nitrogens is 1. The second kappa shape index (κ2) is 6.39. The molecule has 3 aromatic rings. The standard InChI is InChI=1S/C16H15N7O4S/c17-3-2-16(8-22(9-16)28(26,27)7-13(24)25)23-6-11(5-21-23)14-12-1-4-18-15(12)20-10-19-14/h1,4-6,10H,2,7-9H2,(H,24,25)(H,18,19,20). The molecule has 0 saturated carbocycles. The van der Waals surface area contributed by atoms with Gasteiger partial charge in [0.1, 0.15) is 17.5 Å². The van der Waals surface area contributed by atoms with Crippen LogP contribution in [-0.4, -0.2) is 67.4 Å². The molecule has 1 aliphatic rings. The van der Waals surface area contributed by atoms with Crippen LogP contribution in [0.5, 0.6) is 0 Å². The van der Waals surface area contributed by atoms with Gasteiger partial charge in [-0.1, -0.05) is 0 Å². The molecule has 1 aliphatic heterocycles. The lowest BCUT2D eigenvalue weighted by atomic mass is 9.89. The number of rotatable bonds is 6. The largest absolute Gasteiger partial charge is 0.480 e. The van der Waals surface area contributed by atoms with Gasteiger partial charge in [-0.05, 0) is 6.07 Å². The Hall–Kier alpha value is -3.30. The highest BCUT2D eigenvalue weighted by Gasteiger charge is 2.50. The molecule has 0 aromatic carbocycles. The Morgan fingerprint density at radius 2 is 2.18 bits per heavy atom. The fourth-order valence-electron chi connectivity index (χ4n) is 3.35. The van der Waals surface area contributed by atoms with Crippen molar-refractivity contribution in [2.75, 3.05) is 18.8 Å². The number of aromatic amines is 1. The van der Waals surface area contributed by atoms with E-state index < -0.39 is 27.3 Å². The van der Waals surface area contributed by atoms with Crippen LogP contribution in [-0.2, 0) is 20.4 Å². The van der Waals surface area contributed by atoms with Crippen LogP contribution in [0.3, 0.4) is 0 Å². The predicted molar refractivity (Wildman–Crippen MR) is 96.3 cm³/mol. The van der Waals surface area contributed by atoms with Gasteiger partial charge in [-0.2, -0.15) is 14.7 Å². The maximum absolute atomic E-state index is 12.1. The van der Waals surface area contributed by atoms with E-state index in [1.54, 1.807) is 23.3 Å². The lowest BCUT2D eigenvalue weighted by Crippen LogP contribution is -2.64. The van der Waals surface area contributed by atoms with Gasteiger partial charge in [0.2, 0.25) is 10.0 Å². The van der Waals surface area contributed by atoms with Gasteiger partial charge in [-0.3, -0.25) is 9.48 Å². The number of sulfonamides is 1. The van der Waals surface area contributed by atoms with Crippen molar-refractivity contribution in [2.45, 2.75) is 12.0 Å². The average Bonchev–Trinajstić information content (AvgIpc) is 3.25. The van der Waals surface area contributed by atoms with E-state index in [-0.39, 0.29) is 19.5 Å². The van der Waals surface area contributed by atoms with E-state index >= 15 is 0 Å². The zero-order valence-corrected chi connectivity index (χ0v) is 15.3. The van der Waals surface area contributed by atoms with E-state index in [0.29, 0.717) is 16.9 Å². The molecule has 4 rings (SSSR count). The average molecular weight is 401 g/mol. The summed E-state index contributed by atoms with van der Waals surface area (Å²) < 4.78 is 26.8. The van der Waals surface area contributed by atoms with Gasteiger partial charge >= 0.3 is 5.97 Å². The summed E-state index contributed by atoms with van der Waals surface area (Å²) in [7, 11) is -3.93. The van der Waals surface area contributed by atoms with Crippen LogP contribution in [0.4, 0.5) is 0 Å². The number of aliphatic carboxylic acids is 1. The van der Waals surface area contributed by atoms with Crippen LogP contribution in [0.2, 0.25) is 0 Å². The Kier molecular flexibility index (Phi) is 4.13. The quantitative estimate of drug-likeness (QED) is 0.591. The van der Waals surface area contributed by atoms with Crippen molar-refractivity contribution in [3.05, 3.63) is 31.0 Å². The number of hydrogen-bond donors (Lipinski definition) is 2. The van der Waals surface area contributed by atoms with Crippen LogP contribution >= 0.6 is 0 Å². The number of aromatic nitrogens is 5. The zero-order chi connectivity index (χ0) is 19.9. The monoisotopic (exact) mass is 401 g/mol. The molecule has 11 nitrogen and oxygen atoms in total. The van der Waals surface area contributed by atoms with E-state index in [1.165, 1.54) is 6.33 Å². The number of fused-ring (bicyclic) bond motifs is 1. The summed E-state index contributed by atoms with van der Waals surface area (Å²) in [4.78, 5) is 22.2. The number of carbonyl (C=O) groups is 1. The Balaban J connectivity index is 1.64. The number of hydrogen-bond acceptors (Lipinski definition) is 7. The van der Waals surface area contributed by atoms with Crippen molar-refractivity contribution in [1.82, 2.24) is 29.0 Å². The molecule has 0 aliphatic carbocycles. The van der Waals surface area contributed by atoms with Crippen molar-refractivity contribution in [3.8, 4) is 17.3 Å². The van der Waals surface area contributed by atoms with Crippen molar-refractivity contribution in [3.63, 3.8) is 0 Å². The van der Waals surface area contributed by atoms with Crippen LogP contribution in [0.15, 0.2) is 31.0 Å². The lowest BCUT2D eigenvalue weighted by molar-refractivity contribution is -0.134. The summed E-state index contributed by atoms with van der Waals surface area (Å²) in [5.74, 6) is -2.40. The van der Waals surface area contributed by atoms with Gasteiger partial charge in [-0.25, -0.2) is 18.4 Å². The van der Waals surface area contributed by atoms with Gasteiger partial charge in [0, 0.05) is 36.4 Å². The first-order valence-electron chi connectivity index (χ1n) is 8.25. The van der Waals surface area contributed by atoms with Crippen molar-refractivity contribution < 1.29 is 18.3 Å². The number of nitrogens with zero attached hydrogens (tertiary/aromatic N) is 6. The molecule has 0 amide bonds. The van der Waals surface area contributed by atoms with Gasteiger partial charge in [-0.15, -0.1) is 0 Å². The second-order valence-electron chi connectivity index (χ2n) is 6.61. The third kappa shape index (κ3) is 2.90. The summed E-state index contributed by atoms with van der Waals surface area (Å²) >= 11 is 0. The molecule has 144 valence electrons. The van der Waals surface area contributed by atoms with Gasteiger partial charge < -0.3 is 10.1 Å². The fraction of sp³-hybridized carbons (Fsp3) is 0.312. The molecule has 4 heterocycles. The maximum atomic E-state index is 12.1. The minimum absolute atomic E-state index is 0.0133. The first kappa shape index (κ1) is 18.1. The molecular formula is C16H15N7O4S. The Bertz CT molecular complexity index is 1200. The molecule has 12 heteroatoms. The first-order chi connectivity index (χ1) is 13.3. The van der Waals surface area contributed by atoms with Crippen LogP contribution in [0.25, 0.3) is 22.3 Å². The Labute approximate surface area is 159 Å². The number of nitriles is 1. The highest BCUT2D eigenvalue weighted by Crippen LogP contribution is 2.35. The molecule has 28 heavy (non-hydrogen) atoms. The van der Waals surface area contributed by atoms with Crippen molar-refractivity contribution in [1.29, 1.82) is 5.26 Å². The summed E-state index contributed by atoms with van der Waals surface area (Å²) in [5.41, 5.74) is 1.21. The molecular weight excluding hydrogens is 386 g/mol. The van der Waals surface area contributed by atoms with Crippen LogP contribution < -0.4 is 0 Å². The van der Waals surface area contributed by atoms with Crippen LogP contribution in [0.1, 0.15) is 6.42 Å². The number of carboxylic acids is 1. The SMILES string of the molecule is N#CCC1(n2cc(-c3ncnc4[nH]ccc34)cn2)CN(S(=O)(=O)CC(=O)O)C1. The second-order valence-corrected chi connectivity index (χ2v) is 8.58. The maximum Gasteiger partial charge on any atom is 0.320 e. The minimum atomic E-state index is -3.93. The normalized spacial score (nSPS) is 16.5. The highest BCUT2D eigenvalue weighted by molar-refractivity contribution is 7.89. The van der Waals surface area contributed by atoms with Crippen LogP contribution in [0, 0.1) is 11.3 Å². The highest BCUT2D eigenvalue weighted by atomic mass is 32.2. The summed E-state index contributed by atoms with van der Waals surface area (Å²) in [6.45, 7) is -0.0265. The predicted octanol–water partition coefficient (Wildman–Crippen LogP) is 0.160. The zero-order valence-electron chi connectivity index (χ0n) is 14.5. The van der Waals surface area contributed by atoms with E-state index in [9.17, 15) is 18.5 Å². The molecule has 3 aromatic heterocycles. The molecule has 0 bridgehead atoms. The smallest absolute Gasteiger partial charge is 0.320 e. The molecule has 1 fully saturated rings. The molecule has 1 saturated heterocycles. The first-order valence-corrected chi connectivity index (χ1v) is 9.86. The number of nitrogens with one attached hydrogen (secondary N) is 1. The molecule has 2 N–H and O–H groups in total. The Morgan fingerprint density at radius 1 is 1.39 bits per heavy atom. The number of carboxylic acid groups (broad SMARTS) is 1. The van der Waals surface area contributed by atoms with E-state index in [2.05, 4.69) is 26.1 Å². The Morgan fingerprint density at radius 3 is 2.89 bits per heavy atom. The van der Waals surface area contributed by atoms with E-state index in [1.807, 2.05) is 6.07 Å². The van der Waals surface area contributed by atoms with Gasteiger partial charge in [0.05, 0.1) is 24.4 Å². The summed E-state index contributed by atoms with van der Waals surface area (Å²) in [6, 6.07) is 3.91. The molecule has 0 spiro atoms. The third-order valence-corrected chi connectivity index (χ3v) is 6.40. The van der Waals surface area contributed by atoms with Gasteiger partial charge in [0.15, 0.2) is 5.75 Å². The topological polar surface area (TPSA) is 158 Å². The summed E-state index contributed by atoms with van der Waals surface area (Å²) in [6.07, 6.45) is 6.54. The molecule has 0 unspecified atom stereocenters.